The number of benzene rings is 3. The van der Waals surface area contributed by atoms with Crippen molar-refractivity contribution in [2.75, 3.05) is 18.2 Å². The number of nitrogens with zero attached hydrogens (tertiary/aromatic N) is 2. The summed E-state index contributed by atoms with van der Waals surface area (Å²) in [6.45, 7) is 2.01. The van der Waals surface area contributed by atoms with Gasteiger partial charge < -0.3 is 10.1 Å². The highest BCUT2D eigenvalue weighted by Crippen LogP contribution is 2.49. The number of aromatic nitrogens is 2. The molecular formula is C33H33N3O3S. The third kappa shape index (κ3) is 4.94. The number of hydrogen-bond donors (Lipinski definition) is 1. The van der Waals surface area contributed by atoms with Gasteiger partial charge in [-0.2, -0.15) is 0 Å². The SMILES string of the molecule is COc1ccc(-n2c(SCC(=O)Nc3ccc(C)cc3)nc3c(c2=O)C2(CCCCC2)Cc2ccccc2-3)cc1. The highest BCUT2D eigenvalue weighted by Gasteiger charge is 2.43. The van der Waals surface area contributed by atoms with E-state index in [4.69, 9.17) is 9.72 Å². The van der Waals surface area contributed by atoms with E-state index < -0.39 is 0 Å². The third-order valence-electron chi connectivity index (χ3n) is 8.19. The Hall–Kier alpha value is -3.84. The molecule has 1 spiro atoms. The predicted octanol–water partition coefficient (Wildman–Crippen LogP) is 6.71. The lowest BCUT2D eigenvalue weighted by atomic mass is 9.62. The van der Waals surface area contributed by atoms with Crippen LogP contribution in [0.25, 0.3) is 16.9 Å². The zero-order valence-electron chi connectivity index (χ0n) is 22.9. The first-order valence-corrected chi connectivity index (χ1v) is 14.9. The van der Waals surface area contributed by atoms with E-state index >= 15 is 0 Å². The lowest BCUT2D eigenvalue weighted by Gasteiger charge is -2.42. The second-order valence-electron chi connectivity index (χ2n) is 10.8. The number of carbonyl (C=O) groups is 1. The molecule has 0 radical (unpaired) electrons. The zero-order valence-corrected chi connectivity index (χ0v) is 23.7. The van der Waals surface area contributed by atoms with Gasteiger partial charge in [0.15, 0.2) is 5.16 Å². The summed E-state index contributed by atoms with van der Waals surface area (Å²) in [6.07, 6.45) is 6.25. The maximum absolute atomic E-state index is 14.6. The number of thioether (sulfide) groups is 1. The molecule has 0 atom stereocenters. The van der Waals surface area contributed by atoms with Crippen LogP contribution in [0.3, 0.4) is 0 Å². The number of rotatable bonds is 6. The monoisotopic (exact) mass is 551 g/mol. The lowest BCUT2D eigenvalue weighted by molar-refractivity contribution is -0.113. The number of amides is 1. The quantitative estimate of drug-likeness (QED) is 0.213. The molecule has 2 aliphatic carbocycles. The van der Waals surface area contributed by atoms with Crippen molar-refractivity contribution in [3.05, 3.63) is 99.8 Å². The van der Waals surface area contributed by atoms with Crippen LogP contribution >= 0.6 is 11.8 Å². The summed E-state index contributed by atoms with van der Waals surface area (Å²) in [5.74, 6) is 0.695. The minimum atomic E-state index is -0.216. The van der Waals surface area contributed by atoms with Crippen LogP contribution in [0, 0.1) is 6.92 Å². The van der Waals surface area contributed by atoms with Crippen LogP contribution in [0.2, 0.25) is 0 Å². The molecule has 0 aliphatic heterocycles. The smallest absolute Gasteiger partial charge is 0.263 e. The van der Waals surface area contributed by atoms with Crippen LogP contribution < -0.4 is 15.6 Å². The van der Waals surface area contributed by atoms with E-state index in [2.05, 4.69) is 23.5 Å². The van der Waals surface area contributed by atoms with Crippen LogP contribution in [0.4, 0.5) is 5.69 Å². The number of aryl methyl sites for hydroxylation is 1. The second kappa shape index (κ2) is 11.0. The molecular weight excluding hydrogens is 518 g/mol. The fourth-order valence-corrected chi connectivity index (χ4v) is 7.01. The van der Waals surface area contributed by atoms with Crippen LogP contribution in [0.15, 0.2) is 82.7 Å². The van der Waals surface area contributed by atoms with Crippen LogP contribution in [-0.2, 0) is 16.6 Å². The molecule has 1 aromatic heterocycles. The van der Waals surface area contributed by atoms with Crippen molar-refractivity contribution in [3.63, 3.8) is 0 Å². The highest BCUT2D eigenvalue weighted by molar-refractivity contribution is 7.99. The van der Waals surface area contributed by atoms with Gasteiger partial charge in [0.2, 0.25) is 5.91 Å². The molecule has 1 N–H and O–H groups in total. The largest absolute Gasteiger partial charge is 0.497 e. The molecule has 0 saturated heterocycles. The average Bonchev–Trinajstić information content (AvgIpc) is 2.98. The van der Waals surface area contributed by atoms with Gasteiger partial charge in [0, 0.05) is 16.7 Å². The van der Waals surface area contributed by atoms with E-state index in [9.17, 15) is 9.59 Å². The molecule has 204 valence electrons. The molecule has 1 saturated carbocycles. The normalized spacial score (nSPS) is 15.2. The van der Waals surface area contributed by atoms with Gasteiger partial charge in [-0.3, -0.25) is 14.2 Å². The lowest BCUT2D eigenvalue weighted by Crippen LogP contribution is -2.43. The first-order valence-electron chi connectivity index (χ1n) is 13.9. The zero-order chi connectivity index (χ0) is 27.7. The average molecular weight is 552 g/mol. The first kappa shape index (κ1) is 26.4. The standard InChI is InChI=1S/C33H33N3O3S/c1-22-10-12-24(13-11-22)34-28(37)21-40-32-35-30-27-9-5-4-8-23(27)20-33(18-6-3-7-19-33)29(30)31(38)36(32)25-14-16-26(39-2)17-15-25/h4-5,8-17H,3,6-7,18-21H2,1-2H3,(H,34,37). The van der Waals surface area contributed by atoms with Gasteiger partial charge in [-0.05, 0) is 68.1 Å². The Labute approximate surface area is 238 Å². The van der Waals surface area contributed by atoms with E-state index in [-0.39, 0.29) is 22.6 Å². The topological polar surface area (TPSA) is 73.2 Å². The molecule has 0 bridgehead atoms. The Kier molecular flexibility index (Phi) is 7.24. The van der Waals surface area contributed by atoms with Crippen molar-refractivity contribution in [1.29, 1.82) is 0 Å². The Morgan fingerprint density at radius 3 is 2.45 bits per heavy atom. The minimum absolute atomic E-state index is 0.0342. The van der Waals surface area contributed by atoms with Crippen LogP contribution in [0.5, 0.6) is 5.75 Å². The van der Waals surface area contributed by atoms with Gasteiger partial charge in [0.1, 0.15) is 5.75 Å². The van der Waals surface area contributed by atoms with E-state index in [1.54, 1.807) is 11.7 Å². The number of nitrogens with one attached hydrogen (secondary N) is 1. The number of anilines is 1. The van der Waals surface area contributed by atoms with Crippen molar-refractivity contribution < 1.29 is 9.53 Å². The molecule has 2 aliphatic rings. The van der Waals surface area contributed by atoms with E-state index in [0.29, 0.717) is 16.6 Å². The molecule has 1 heterocycles. The van der Waals surface area contributed by atoms with E-state index in [1.165, 1.54) is 23.7 Å². The van der Waals surface area contributed by atoms with Crippen molar-refractivity contribution >= 4 is 23.4 Å². The Morgan fingerprint density at radius 1 is 1.00 bits per heavy atom. The Morgan fingerprint density at radius 2 is 1.73 bits per heavy atom. The van der Waals surface area contributed by atoms with Crippen LogP contribution in [0.1, 0.15) is 48.8 Å². The van der Waals surface area contributed by atoms with Crippen molar-refractivity contribution in [2.24, 2.45) is 0 Å². The third-order valence-corrected chi connectivity index (χ3v) is 9.13. The molecule has 1 amide bonds. The van der Waals surface area contributed by atoms with Gasteiger partial charge in [0.05, 0.1) is 29.8 Å². The summed E-state index contributed by atoms with van der Waals surface area (Å²) in [4.78, 5) is 32.8. The highest BCUT2D eigenvalue weighted by atomic mass is 32.2. The maximum atomic E-state index is 14.6. The number of carbonyl (C=O) groups excluding carboxylic acids is 1. The van der Waals surface area contributed by atoms with Crippen molar-refractivity contribution in [3.8, 4) is 22.7 Å². The molecule has 6 nitrogen and oxygen atoms in total. The number of fused-ring (bicyclic) bond motifs is 4. The van der Waals surface area contributed by atoms with Crippen LogP contribution in [-0.4, -0.2) is 28.3 Å². The summed E-state index contributed by atoms with van der Waals surface area (Å²) < 4.78 is 7.07. The van der Waals surface area contributed by atoms with Gasteiger partial charge in [0.25, 0.3) is 5.56 Å². The Bertz CT molecular complexity index is 1600. The molecule has 1 fully saturated rings. The summed E-state index contributed by atoms with van der Waals surface area (Å²) in [5, 5.41) is 3.47. The number of hydrogen-bond acceptors (Lipinski definition) is 5. The molecule has 4 aromatic rings. The van der Waals surface area contributed by atoms with Gasteiger partial charge in [-0.15, -0.1) is 0 Å². The molecule has 3 aromatic carbocycles. The molecule has 0 unspecified atom stereocenters. The molecule has 7 heteroatoms. The van der Waals surface area contributed by atoms with Gasteiger partial charge in [-0.1, -0.05) is 73.0 Å². The van der Waals surface area contributed by atoms with E-state index in [1.807, 2.05) is 61.5 Å². The predicted molar refractivity (Wildman–Crippen MR) is 161 cm³/mol. The van der Waals surface area contributed by atoms with Crippen molar-refractivity contribution in [1.82, 2.24) is 9.55 Å². The van der Waals surface area contributed by atoms with Crippen molar-refractivity contribution in [2.45, 2.75) is 56.0 Å². The summed E-state index contributed by atoms with van der Waals surface area (Å²) in [6, 6.07) is 23.5. The molecule has 6 rings (SSSR count). The minimum Gasteiger partial charge on any atom is -0.497 e. The fourth-order valence-electron chi connectivity index (χ4n) is 6.21. The Balaban J connectivity index is 1.46. The van der Waals surface area contributed by atoms with Gasteiger partial charge in [-0.25, -0.2) is 4.98 Å². The summed E-state index contributed by atoms with van der Waals surface area (Å²) in [5.41, 5.74) is 6.22. The fraction of sp³-hybridized carbons (Fsp3) is 0.303. The maximum Gasteiger partial charge on any atom is 0.263 e. The second-order valence-corrected chi connectivity index (χ2v) is 11.8. The summed E-state index contributed by atoms with van der Waals surface area (Å²) >= 11 is 1.29. The number of methoxy groups -OCH3 is 1. The summed E-state index contributed by atoms with van der Waals surface area (Å²) in [7, 11) is 1.62. The van der Waals surface area contributed by atoms with Gasteiger partial charge >= 0.3 is 0 Å². The van der Waals surface area contributed by atoms with E-state index in [0.717, 1.165) is 60.2 Å². The molecule has 40 heavy (non-hydrogen) atoms. The number of ether oxygens (including phenoxy) is 1. The first-order chi connectivity index (χ1) is 19.5.